The second-order valence-corrected chi connectivity index (χ2v) is 7.74. The molecule has 0 fully saturated rings. The topological polar surface area (TPSA) is 89.3 Å². The molecule has 3 N–H and O–H groups in total. The Morgan fingerprint density at radius 2 is 2.20 bits per heavy atom. The zero-order chi connectivity index (χ0) is 14.6. The third-order valence-corrected chi connectivity index (χ3v) is 5.81. The molecule has 0 unspecified atom stereocenters. The molecule has 0 bridgehead atoms. The van der Waals surface area contributed by atoms with Crippen molar-refractivity contribution in [3.63, 3.8) is 0 Å². The summed E-state index contributed by atoms with van der Waals surface area (Å²) >= 11 is 1.15. The van der Waals surface area contributed by atoms with Crippen LogP contribution in [-0.4, -0.2) is 20.9 Å². The molecule has 1 aromatic heterocycles. The molecule has 2 rings (SSSR count). The summed E-state index contributed by atoms with van der Waals surface area (Å²) in [4.78, 5) is 12.8. The van der Waals surface area contributed by atoms with Crippen LogP contribution < -0.4 is 10.5 Å². The number of hydrogen-bond acceptors (Lipinski definition) is 4. The predicted molar refractivity (Wildman–Crippen MR) is 78.9 cm³/mol. The third-order valence-electron chi connectivity index (χ3n) is 3.23. The lowest BCUT2D eigenvalue weighted by atomic mass is 9.94. The lowest BCUT2D eigenvalue weighted by Crippen LogP contribution is -2.32. The van der Waals surface area contributed by atoms with E-state index in [1.165, 1.54) is 6.07 Å². The van der Waals surface area contributed by atoms with Crippen LogP contribution in [0.15, 0.2) is 28.5 Å². The molecule has 5 nitrogen and oxygen atoms in total. The van der Waals surface area contributed by atoms with Crippen molar-refractivity contribution in [1.29, 1.82) is 0 Å². The molecule has 20 heavy (non-hydrogen) atoms. The fourth-order valence-electron chi connectivity index (χ4n) is 2.13. The van der Waals surface area contributed by atoms with Gasteiger partial charge in [0.25, 0.3) is 0 Å². The minimum atomic E-state index is -3.62. The molecule has 0 saturated carbocycles. The van der Waals surface area contributed by atoms with Gasteiger partial charge in [-0.2, -0.15) is 0 Å². The number of nitrogens with two attached hydrogens (primary N) is 1. The standard InChI is InChI=1S/C13H18N2O3S2/c14-20(17,18)12-7-6-11(19-12)8-9-15-13(16)10-4-2-1-3-5-10/h1-2,6-7,10H,3-5,8-9H2,(H,15,16)(H2,14,17,18)/t10-/m1/s1. The highest BCUT2D eigenvalue weighted by Gasteiger charge is 2.18. The van der Waals surface area contributed by atoms with E-state index in [0.717, 1.165) is 35.5 Å². The van der Waals surface area contributed by atoms with Gasteiger partial charge >= 0.3 is 0 Å². The van der Waals surface area contributed by atoms with Gasteiger partial charge in [-0.1, -0.05) is 12.2 Å². The minimum Gasteiger partial charge on any atom is -0.355 e. The van der Waals surface area contributed by atoms with Crippen molar-refractivity contribution in [2.45, 2.75) is 29.9 Å². The summed E-state index contributed by atoms with van der Waals surface area (Å²) in [5.41, 5.74) is 0. The first-order valence-corrected chi connectivity index (χ1v) is 8.87. The van der Waals surface area contributed by atoms with E-state index >= 15 is 0 Å². The summed E-state index contributed by atoms with van der Waals surface area (Å²) in [5.74, 6) is 0.154. The van der Waals surface area contributed by atoms with E-state index in [1.807, 2.05) is 6.08 Å². The van der Waals surface area contributed by atoms with Gasteiger partial charge in [0.2, 0.25) is 15.9 Å². The number of amides is 1. The molecule has 0 saturated heterocycles. The lowest BCUT2D eigenvalue weighted by Gasteiger charge is -2.16. The van der Waals surface area contributed by atoms with E-state index in [4.69, 9.17) is 5.14 Å². The fourth-order valence-corrected chi connectivity index (χ4v) is 3.91. The van der Waals surface area contributed by atoms with Gasteiger partial charge in [-0.3, -0.25) is 4.79 Å². The highest BCUT2D eigenvalue weighted by molar-refractivity contribution is 7.91. The van der Waals surface area contributed by atoms with Gasteiger partial charge in [0.1, 0.15) is 4.21 Å². The molecule has 0 radical (unpaired) electrons. The Bertz CT molecular complexity index is 605. The molecule has 1 atom stereocenters. The Morgan fingerprint density at radius 3 is 2.80 bits per heavy atom. The van der Waals surface area contributed by atoms with Crippen LogP contribution in [0.5, 0.6) is 0 Å². The Labute approximate surface area is 122 Å². The Balaban J connectivity index is 1.79. The summed E-state index contributed by atoms with van der Waals surface area (Å²) < 4.78 is 22.5. The Morgan fingerprint density at radius 1 is 1.40 bits per heavy atom. The second-order valence-electron chi connectivity index (χ2n) is 4.79. The van der Waals surface area contributed by atoms with Crippen molar-refractivity contribution < 1.29 is 13.2 Å². The monoisotopic (exact) mass is 314 g/mol. The van der Waals surface area contributed by atoms with E-state index in [-0.39, 0.29) is 16.0 Å². The van der Waals surface area contributed by atoms with Crippen molar-refractivity contribution in [2.75, 3.05) is 6.54 Å². The van der Waals surface area contributed by atoms with Gasteiger partial charge in [0.05, 0.1) is 0 Å². The number of allylic oxidation sites excluding steroid dienone is 2. The van der Waals surface area contributed by atoms with Crippen molar-refractivity contribution in [1.82, 2.24) is 5.32 Å². The normalized spacial score (nSPS) is 18.9. The molecule has 0 spiro atoms. The highest BCUT2D eigenvalue weighted by atomic mass is 32.2. The SMILES string of the molecule is NS(=O)(=O)c1ccc(CCNC(=O)[C@@H]2CC=CCC2)s1. The van der Waals surface area contributed by atoms with E-state index in [2.05, 4.69) is 11.4 Å². The zero-order valence-corrected chi connectivity index (χ0v) is 12.7. The average molecular weight is 314 g/mol. The smallest absolute Gasteiger partial charge is 0.247 e. The van der Waals surface area contributed by atoms with E-state index in [1.54, 1.807) is 6.07 Å². The van der Waals surface area contributed by atoms with Crippen LogP contribution in [-0.2, 0) is 21.2 Å². The van der Waals surface area contributed by atoms with Crippen molar-refractivity contribution in [2.24, 2.45) is 11.1 Å². The number of nitrogens with one attached hydrogen (secondary N) is 1. The molecule has 110 valence electrons. The van der Waals surface area contributed by atoms with E-state index < -0.39 is 10.0 Å². The zero-order valence-electron chi connectivity index (χ0n) is 11.0. The van der Waals surface area contributed by atoms with Gasteiger partial charge in [0, 0.05) is 17.3 Å². The van der Waals surface area contributed by atoms with Crippen LogP contribution in [0.4, 0.5) is 0 Å². The predicted octanol–water partition coefficient (Wildman–Crippen LogP) is 1.41. The van der Waals surface area contributed by atoms with Crippen LogP contribution in [0.3, 0.4) is 0 Å². The molecule has 7 heteroatoms. The van der Waals surface area contributed by atoms with Crippen LogP contribution in [0, 0.1) is 5.92 Å². The molecular formula is C13H18N2O3S2. The fraction of sp³-hybridized carbons (Fsp3) is 0.462. The number of carbonyl (C=O) groups excluding carboxylic acids is 1. The molecule has 1 amide bonds. The summed E-state index contributed by atoms with van der Waals surface area (Å²) in [7, 11) is -3.62. The van der Waals surface area contributed by atoms with Gasteiger partial charge in [-0.25, -0.2) is 13.6 Å². The summed E-state index contributed by atoms with van der Waals surface area (Å²) in [6.07, 6.45) is 7.43. The number of hydrogen-bond donors (Lipinski definition) is 2. The van der Waals surface area contributed by atoms with E-state index in [0.29, 0.717) is 13.0 Å². The van der Waals surface area contributed by atoms with Crippen molar-refractivity contribution in [3.8, 4) is 0 Å². The Kier molecular flexibility index (Phi) is 4.95. The van der Waals surface area contributed by atoms with Gasteiger partial charge in [-0.05, 0) is 37.8 Å². The van der Waals surface area contributed by atoms with Gasteiger partial charge < -0.3 is 5.32 Å². The Hall–Kier alpha value is -1.18. The lowest BCUT2D eigenvalue weighted by molar-refractivity contribution is -0.125. The van der Waals surface area contributed by atoms with Gasteiger partial charge in [0.15, 0.2) is 0 Å². The first-order valence-electron chi connectivity index (χ1n) is 6.51. The third kappa shape index (κ3) is 4.16. The van der Waals surface area contributed by atoms with Crippen molar-refractivity contribution in [3.05, 3.63) is 29.2 Å². The van der Waals surface area contributed by atoms with Crippen LogP contribution in [0.2, 0.25) is 0 Å². The number of thiophene rings is 1. The quantitative estimate of drug-likeness (QED) is 0.805. The minimum absolute atomic E-state index is 0.0725. The van der Waals surface area contributed by atoms with E-state index in [9.17, 15) is 13.2 Å². The molecular weight excluding hydrogens is 296 g/mol. The average Bonchev–Trinajstić information content (AvgIpc) is 2.88. The summed E-state index contributed by atoms with van der Waals surface area (Å²) in [5, 5.41) is 7.95. The van der Waals surface area contributed by atoms with Crippen molar-refractivity contribution >= 4 is 27.3 Å². The number of carbonyl (C=O) groups is 1. The first kappa shape index (κ1) is 15.2. The number of primary sulfonamides is 1. The number of rotatable bonds is 5. The highest BCUT2D eigenvalue weighted by Crippen LogP contribution is 2.21. The molecule has 0 aromatic carbocycles. The maximum Gasteiger partial charge on any atom is 0.247 e. The maximum absolute atomic E-state index is 11.9. The molecule has 0 aliphatic heterocycles. The molecule has 1 heterocycles. The maximum atomic E-state index is 11.9. The van der Waals surface area contributed by atoms with Crippen LogP contribution in [0.25, 0.3) is 0 Å². The first-order chi connectivity index (χ1) is 9.47. The molecule has 1 aromatic rings. The molecule has 1 aliphatic rings. The summed E-state index contributed by atoms with van der Waals surface area (Å²) in [6.45, 7) is 0.517. The number of sulfonamides is 1. The molecule has 1 aliphatic carbocycles. The van der Waals surface area contributed by atoms with Gasteiger partial charge in [-0.15, -0.1) is 11.3 Å². The largest absolute Gasteiger partial charge is 0.355 e. The van der Waals surface area contributed by atoms with Crippen LogP contribution in [0.1, 0.15) is 24.1 Å². The second kappa shape index (κ2) is 6.51. The summed E-state index contributed by atoms with van der Waals surface area (Å²) in [6, 6.07) is 3.24. The van der Waals surface area contributed by atoms with Crippen LogP contribution >= 0.6 is 11.3 Å².